The first-order chi connectivity index (χ1) is 8.52. The van der Waals surface area contributed by atoms with Crippen LogP contribution in [0.1, 0.15) is 13.8 Å². The fourth-order valence-corrected chi connectivity index (χ4v) is 2.92. The molecule has 0 bridgehead atoms. The van der Waals surface area contributed by atoms with E-state index >= 15 is 0 Å². The van der Waals surface area contributed by atoms with E-state index < -0.39 is 22.0 Å². The van der Waals surface area contributed by atoms with Gasteiger partial charge in [-0.2, -0.15) is 0 Å². The molecule has 0 fully saturated rings. The maximum atomic E-state index is 11.9. The molecule has 100 valence electrons. The molecule has 0 radical (unpaired) electrons. The largest absolute Gasteiger partial charge is 0.493 e. The molecule has 0 aliphatic carbocycles. The molecule has 5 heteroatoms. The number of benzene rings is 1. The van der Waals surface area contributed by atoms with Crippen LogP contribution >= 0.6 is 0 Å². The number of carbonyl (C=O) groups is 1. The minimum Gasteiger partial charge on any atom is -0.493 e. The molecule has 0 saturated heterocycles. The third-order valence-electron chi connectivity index (χ3n) is 2.43. The quantitative estimate of drug-likeness (QED) is 0.822. The van der Waals surface area contributed by atoms with Gasteiger partial charge in [0.15, 0.2) is 0 Å². The summed E-state index contributed by atoms with van der Waals surface area (Å²) in [6.45, 7) is 3.77. The zero-order valence-electron chi connectivity index (χ0n) is 10.5. The van der Waals surface area contributed by atoms with E-state index in [4.69, 9.17) is 9.84 Å². The molecule has 2 atom stereocenters. The summed E-state index contributed by atoms with van der Waals surface area (Å²) in [4.78, 5) is 11.0. The van der Waals surface area contributed by atoms with E-state index in [2.05, 4.69) is 0 Å². The van der Waals surface area contributed by atoms with Crippen molar-refractivity contribution in [2.45, 2.75) is 19.1 Å². The summed E-state index contributed by atoms with van der Waals surface area (Å²) >= 11 is 0. The molecule has 1 N–H and O–H groups in total. The van der Waals surface area contributed by atoms with Gasteiger partial charge in [0.1, 0.15) is 11.0 Å². The highest BCUT2D eigenvalue weighted by molar-refractivity contribution is 7.86. The first-order valence-electron chi connectivity index (χ1n) is 5.80. The number of carboxylic acids is 1. The van der Waals surface area contributed by atoms with Crippen LogP contribution in [0.4, 0.5) is 0 Å². The van der Waals surface area contributed by atoms with Gasteiger partial charge in [0.25, 0.3) is 0 Å². The van der Waals surface area contributed by atoms with Crippen molar-refractivity contribution < 1.29 is 18.8 Å². The molecule has 1 aromatic rings. The van der Waals surface area contributed by atoms with Crippen molar-refractivity contribution in [1.29, 1.82) is 0 Å². The van der Waals surface area contributed by atoms with Crippen LogP contribution in [0.2, 0.25) is 0 Å². The van der Waals surface area contributed by atoms with Crippen LogP contribution in [0.5, 0.6) is 5.75 Å². The Kier molecular flexibility index (Phi) is 5.85. The minimum atomic E-state index is -1.42. The first kappa shape index (κ1) is 14.7. The molecule has 4 nitrogen and oxygen atoms in total. The zero-order valence-corrected chi connectivity index (χ0v) is 11.4. The van der Waals surface area contributed by atoms with Crippen LogP contribution in [0.25, 0.3) is 0 Å². The molecule has 1 rings (SSSR count). The fraction of sp³-hybridized carbons (Fsp3) is 0.462. The van der Waals surface area contributed by atoms with Crippen molar-refractivity contribution in [2.75, 3.05) is 12.4 Å². The molecule has 0 aliphatic rings. The number of rotatable bonds is 7. The lowest BCUT2D eigenvalue weighted by Gasteiger charge is -2.15. The van der Waals surface area contributed by atoms with E-state index in [9.17, 15) is 9.00 Å². The second kappa shape index (κ2) is 7.16. The number of carboxylic acid groups (broad SMARTS) is 1. The molecule has 0 heterocycles. The Bertz CT molecular complexity index is 403. The van der Waals surface area contributed by atoms with Crippen molar-refractivity contribution in [3.8, 4) is 5.75 Å². The predicted molar refractivity (Wildman–Crippen MR) is 71.2 cm³/mol. The highest BCUT2D eigenvalue weighted by Gasteiger charge is 2.27. The van der Waals surface area contributed by atoms with Crippen LogP contribution in [-0.4, -0.2) is 32.9 Å². The Hall–Kier alpha value is -1.36. The molecule has 0 aliphatic heterocycles. The van der Waals surface area contributed by atoms with Gasteiger partial charge in [-0.05, 0) is 18.1 Å². The monoisotopic (exact) mass is 270 g/mol. The molecule has 18 heavy (non-hydrogen) atoms. The highest BCUT2D eigenvalue weighted by atomic mass is 32.2. The van der Waals surface area contributed by atoms with Crippen LogP contribution in [0.15, 0.2) is 30.3 Å². The van der Waals surface area contributed by atoms with Gasteiger partial charge in [0.2, 0.25) is 0 Å². The van der Waals surface area contributed by atoms with Crippen molar-refractivity contribution in [3.63, 3.8) is 0 Å². The second-order valence-corrected chi connectivity index (χ2v) is 5.93. The molecule has 2 unspecified atom stereocenters. The number of para-hydroxylation sites is 1. The molecule has 0 amide bonds. The van der Waals surface area contributed by atoms with E-state index in [1.54, 1.807) is 26.0 Å². The summed E-state index contributed by atoms with van der Waals surface area (Å²) in [5, 5.41) is 8.17. The average Bonchev–Trinajstić information content (AvgIpc) is 2.29. The topological polar surface area (TPSA) is 63.6 Å². The Morgan fingerprint density at radius 1 is 1.33 bits per heavy atom. The summed E-state index contributed by atoms with van der Waals surface area (Å²) in [7, 11) is -1.42. The molecule has 0 aromatic heterocycles. The number of hydrogen-bond donors (Lipinski definition) is 1. The summed E-state index contributed by atoms with van der Waals surface area (Å²) in [5.41, 5.74) is 0. The Balaban J connectivity index is 2.43. The molecular formula is C13H18O4S. The molecular weight excluding hydrogens is 252 g/mol. The molecule has 0 spiro atoms. The van der Waals surface area contributed by atoms with Crippen molar-refractivity contribution >= 4 is 16.8 Å². The fourth-order valence-electron chi connectivity index (χ4n) is 1.59. The van der Waals surface area contributed by atoms with Crippen molar-refractivity contribution in [1.82, 2.24) is 0 Å². The van der Waals surface area contributed by atoms with E-state index in [0.29, 0.717) is 5.75 Å². The third-order valence-corrected chi connectivity index (χ3v) is 4.31. The van der Waals surface area contributed by atoms with Crippen LogP contribution < -0.4 is 4.74 Å². The van der Waals surface area contributed by atoms with Gasteiger partial charge in [-0.15, -0.1) is 0 Å². The van der Waals surface area contributed by atoms with Crippen LogP contribution in [0, 0.1) is 5.92 Å². The standard InChI is InChI=1S/C13H18O4S/c1-10(2)12(13(14)15)18(16)9-8-17-11-6-4-3-5-7-11/h3-7,10,12H,8-9H2,1-2H3,(H,14,15). The first-order valence-corrected chi connectivity index (χ1v) is 7.18. The number of ether oxygens (including phenoxy) is 1. The van der Waals surface area contributed by atoms with Gasteiger partial charge in [0.05, 0.1) is 12.4 Å². The SMILES string of the molecule is CC(C)C(C(=O)O)S(=O)CCOc1ccccc1. The number of aliphatic carboxylic acids is 1. The van der Waals surface area contributed by atoms with Gasteiger partial charge in [-0.3, -0.25) is 9.00 Å². The summed E-state index contributed by atoms with van der Waals surface area (Å²) in [6.07, 6.45) is 0. The lowest BCUT2D eigenvalue weighted by atomic mass is 10.1. The van der Waals surface area contributed by atoms with Crippen molar-refractivity contribution in [3.05, 3.63) is 30.3 Å². The van der Waals surface area contributed by atoms with E-state index in [-0.39, 0.29) is 18.3 Å². The lowest BCUT2D eigenvalue weighted by molar-refractivity contribution is -0.137. The minimum absolute atomic E-state index is 0.153. The smallest absolute Gasteiger partial charge is 0.319 e. The van der Waals surface area contributed by atoms with Gasteiger partial charge in [-0.25, -0.2) is 0 Å². The Morgan fingerprint density at radius 2 is 1.94 bits per heavy atom. The van der Waals surface area contributed by atoms with Gasteiger partial charge in [0, 0.05) is 10.8 Å². The second-order valence-electron chi connectivity index (χ2n) is 4.25. The lowest BCUT2D eigenvalue weighted by Crippen LogP contribution is -2.33. The Labute approximate surface area is 109 Å². The Morgan fingerprint density at radius 3 is 2.44 bits per heavy atom. The van der Waals surface area contributed by atoms with E-state index in [0.717, 1.165) is 0 Å². The van der Waals surface area contributed by atoms with Gasteiger partial charge >= 0.3 is 5.97 Å². The number of hydrogen-bond acceptors (Lipinski definition) is 3. The normalized spacial score (nSPS) is 14.2. The predicted octanol–water partition coefficient (Wildman–Crippen LogP) is 1.92. The van der Waals surface area contributed by atoms with Gasteiger partial charge < -0.3 is 9.84 Å². The van der Waals surface area contributed by atoms with Crippen LogP contribution in [-0.2, 0) is 15.6 Å². The third kappa shape index (κ3) is 4.49. The zero-order chi connectivity index (χ0) is 13.5. The average molecular weight is 270 g/mol. The van der Waals surface area contributed by atoms with Crippen molar-refractivity contribution in [2.24, 2.45) is 5.92 Å². The maximum Gasteiger partial charge on any atom is 0.319 e. The van der Waals surface area contributed by atoms with Gasteiger partial charge in [-0.1, -0.05) is 32.0 Å². The summed E-state index contributed by atoms with van der Waals surface area (Å²) < 4.78 is 17.3. The maximum absolute atomic E-state index is 11.9. The molecule has 1 aromatic carbocycles. The summed E-state index contributed by atoms with van der Waals surface area (Å²) in [5.74, 6) is -0.238. The van der Waals surface area contributed by atoms with E-state index in [1.807, 2.05) is 18.2 Å². The highest BCUT2D eigenvalue weighted by Crippen LogP contribution is 2.12. The van der Waals surface area contributed by atoms with Crippen LogP contribution in [0.3, 0.4) is 0 Å². The van der Waals surface area contributed by atoms with E-state index in [1.165, 1.54) is 0 Å². The molecule has 0 saturated carbocycles. The summed E-state index contributed by atoms with van der Waals surface area (Å²) in [6, 6.07) is 9.19.